The van der Waals surface area contributed by atoms with E-state index in [1.54, 1.807) is 0 Å². The van der Waals surface area contributed by atoms with Gasteiger partial charge >= 0.3 is 12.1 Å². The van der Waals surface area contributed by atoms with Crippen molar-refractivity contribution in [3.05, 3.63) is 29.7 Å². The molecule has 0 atom stereocenters. The summed E-state index contributed by atoms with van der Waals surface area (Å²) in [6.07, 6.45) is -3.55. The lowest BCUT2D eigenvalue weighted by molar-refractivity contribution is -0.141. The number of carbonyl (C=O) groups excluding carboxylic acids is 1. The molecule has 19 heavy (non-hydrogen) atoms. The first-order chi connectivity index (χ1) is 8.84. The molecule has 0 amide bonds. The Morgan fingerprint density at radius 2 is 2.16 bits per heavy atom. The van der Waals surface area contributed by atoms with Gasteiger partial charge in [0.15, 0.2) is 11.4 Å². The van der Waals surface area contributed by atoms with Crippen molar-refractivity contribution >= 4 is 17.3 Å². The zero-order valence-electron chi connectivity index (χ0n) is 9.86. The molecule has 2 rings (SSSR count). The highest BCUT2D eigenvalue weighted by Gasteiger charge is 2.40. The molecule has 2 heterocycles. The fourth-order valence-electron chi connectivity index (χ4n) is 1.65. The molecule has 2 aromatic rings. The maximum Gasteiger partial charge on any atom is 0.435 e. The number of fused-ring (bicyclic) bond motifs is 1. The van der Waals surface area contributed by atoms with Crippen LogP contribution in [0.5, 0.6) is 0 Å². The first-order valence-electron chi connectivity index (χ1n) is 5.36. The van der Waals surface area contributed by atoms with Crippen molar-refractivity contribution in [3.63, 3.8) is 0 Å². The molecule has 2 N–H and O–H groups in total. The van der Waals surface area contributed by atoms with Crippen molar-refractivity contribution in [2.45, 2.75) is 13.1 Å². The number of nitrogen functional groups attached to an aromatic ring is 1. The van der Waals surface area contributed by atoms with Gasteiger partial charge in [0, 0.05) is 11.9 Å². The van der Waals surface area contributed by atoms with E-state index in [-0.39, 0.29) is 17.9 Å². The number of aromatic nitrogens is 2. The van der Waals surface area contributed by atoms with Crippen LogP contribution in [0.1, 0.15) is 23.1 Å². The van der Waals surface area contributed by atoms with Gasteiger partial charge in [-0.05, 0) is 19.1 Å². The number of rotatable bonds is 2. The van der Waals surface area contributed by atoms with E-state index in [1.165, 1.54) is 25.3 Å². The number of anilines is 1. The monoisotopic (exact) mass is 273 g/mol. The van der Waals surface area contributed by atoms with Crippen LogP contribution < -0.4 is 5.73 Å². The Balaban J connectivity index is 2.74. The Hall–Kier alpha value is -2.25. The van der Waals surface area contributed by atoms with Gasteiger partial charge in [-0.3, -0.25) is 4.40 Å². The first-order valence-corrected chi connectivity index (χ1v) is 5.36. The zero-order chi connectivity index (χ0) is 14.2. The smallest absolute Gasteiger partial charge is 0.435 e. The van der Waals surface area contributed by atoms with Gasteiger partial charge in [0.05, 0.1) is 6.61 Å². The summed E-state index contributed by atoms with van der Waals surface area (Å²) >= 11 is 0. The third-order valence-corrected chi connectivity index (χ3v) is 2.38. The SMILES string of the molecule is CCOC(=O)c1c(C(F)(F)F)nc2ccc(N)cn12. The molecule has 0 aromatic carbocycles. The molecule has 0 saturated carbocycles. The summed E-state index contributed by atoms with van der Waals surface area (Å²) < 4.78 is 44.2. The number of hydrogen-bond donors (Lipinski definition) is 1. The maximum atomic E-state index is 12.9. The molecule has 2 aromatic heterocycles. The number of pyridine rings is 1. The summed E-state index contributed by atoms with van der Waals surface area (Å²) in [5.41, 5.74) is 3.74. The Morgan fingerprint density at radius 1 is 1.47 bits per heavy atom. The number of carbonyl (C=O) groups is 1. The molecule has 8 heteroatoms. The standard InChI is InChI=1S/C11H10F3N3O2/c1-2-19-10(18)8-9(11(12,13)14)16-7-4-3-6(15)5-17(7)8/h3-5H,2,15H2,1H3. The van der Waals surface area contributed by atoms with Crippen molar-refractivity contribution in [1.82, 2.24) is 9.38 Å². The minimum atomic E-state index is -4.75. The molecule has 0 unspecified atom stereocenters. The summed E-state index contributed by atoms with van der Waals surface area (Å²) in [5, 5.41) is 0. The van der Waals surface area contributed by atoms with Crippen LogP contribution in [0.3, 0.4) is 0 Å². The van der Waals surface area contributed by atoms with Gasteiger partial charge in [-0.1, -0.05) is 0 Å². The number of halogens is 3. The van der Waals surface area contributed by atoms with Crippen LogP contribution in [-0.2, 0) is 10.9 Å². The van der Waals surface area contributed by atoms with E-state index in [2.05, 4.69) is 9.72 Å². The van der Waals surface area contributed by atoms with E-state index in [0.29, 0.717) is 0 Å². The molecule has 0 aliphatic heterocycles. The second kappa shape index (κ2) is 4.45. The van der Waals surface area contributed by atoms with Crippen LogP contribution in [0.2, 0.25) is 0 Å². The summed E-state index contributed by atoms with van der Waals surface area (Å²) in [5.74, 6) is -1.09. The lowest BCUT2D eigenvalue weighted by Crippen LogP contribution is -2.16. The molecule has 0 fully saturated rings. The maximum absolute atomic E-state index is 12.9. The van der Waals surface area contributed by atoms with E-state index in [1.807, 2.05) is 0 Å². The Morgan fingerprint density at radius 3 is 2.74 bits per heavy atom. The van der Waals surface area contributed by atoms with Gasteiger partial charge < -0.3 is 10.5 Å². The Kier molecular flexibility index (Phi) is 3.09. The summed E-state index contributed by atoms with van der Waals surface area (Å²) in [6.45, 7) is 1.47. The number of hydrogen-bond acceptors (Lipinski definition) is 4. The second-order valence-electron chi connectivity index (χ2n) is 3.72. The Labute approximate surface area is 105 Å². The number of ether oxygens (including phenoxy) is 1. The minimum absolute atomic E-state index is 0.0235. The highest BCUT2D eigenvalue weighted by atomic mass is 19.4. The molecule has 0 radical (unpaired) electrons. The summed E-state index contributed by atoms with van der Waals surface area (Å²) in [6, 6.07) is 2.70. The molecule has 0 spiro atoms. The number of imidazole rings is 1. The average molecular weight is 273 g/mol. The van der Waals surface area contributed by atoms with Gasteiger partial charge in [0.1, 0.15) is 5.65 Å². The van der Waals surface area contributed by atoms with Crippen LogP contribution >= 0.6 is 0 Å². The van der Waals surface area contributed by atoms with E-state index in [4.69, 9.17) is 5.73 Å². The number of nitrogens with two attached hydrogens (primary N) is 1. The van der Waals surface area contributed by atoms with Gasteiger partial charge in [-0.2, -0.15) is 13.2 Å². The van der Waals surface area contributed by atoms with Gasteiger partial charge in [-0.25, -0.2) is 9.78 Å². The lowest BCUT2D eigenvalue weighted by atomic mass is 10.3. The fourth-order valence-corrected chi connectivity index (χ4v) is 1.65. The van der Waals surface area contributed by atoms with E-state index in [9.17, 15) is 18.0 Å². The predicted molar refractivity (Wildman–Crippen MR) is 60.6 cm³/mol. The van der Waals surface area contributed by atoms with E-state index >= 15 is 0 Å². The number of esters is 1. The summed E-state index contributed by atoms with van der Waals surface area (Å²) in [4.78, 5) is 15.1. The largest absolute Gasteiger partial charge is 0.461 e. The van der Waals surface area contributed by atoms with Crippen LogP contribution in [0.25, 0.3) is 5.65 Å². The van der Waals surface area contributed by atoms with Gasteiger partial charge in [-0.15, -0.1) is 0 Å². The van der Waals surface area contributed by atoms with Gasteiger partial charge in [0.2, 0.25) is 0 Å². The van der Waals surface area contributed by atoms with Crippen molar-refractivity contribution in [2.75, 3.05) is 12.3 Å². The average Bonchev–Trinajstić information content (AvgIpc) is 2.67. The van der Waals surface area contributed by atoms with Crippen LogP contribution in [-0.4, -0.2) is 22.0 Å². The van der Waals surface area contributed by atoms with Crippen LogP contribution in [0, 0.1) is 0 Å². The van der Waals surface area contributed by atoms with Crippen LogP contribution in [0.15, 0.2) is 18.3 Å². The topological polar surface area (TPSA) is 69.6 Å². The fraction of sp³-hybridized carbons (Fsp3) is 0.273. The number of nitrogens with zero attached hydrogens (tertiary/aromatic N) is 2. The molecule has 5 nitrogen and oxygen atoms in total. The zero-order valence-corrected chi connectivity index (χ0v) is 9.86. The molecular weight excluding hydrogens is 263 g/mol. The summed E-state index contributed by atoms with van der Waals surface area (Å²) in [7, 11) is 0. The lowest BCUT2D eigenvalue weighted by Gasteiger charge is -2.07. The molecule has 0 saturated heterocycles. The van der Waals surface area contributed by atoms with Crippen molar-refractivity contribution in [2.24, 2.45) is 0 Å². The molecule has 102 valence electrons. The molecule has 0 aliphatic rings. The second-order valence-corrected chi connectivity index (χ2v) is 3.72. The normalized spacial score (nSPS) is 11.8. The van der Waals surface area contributed by atoms with E-state index < -0.39 is 23.5 Å². The highest BCUT2D eigenvalue weighted by Crippen LogP contribution is 2.32. The number of alkyl halides is 3. The molecule has 0 aliphatic carbocycles. The Bertz CT molecular complexity index is 634. The minimum Gasteiger partial charge on any atom is -0.461 e. The van der Waals surface area contributed by atoms with Crippen molar-refractivity contribution < 1.29 is 22.7 Å². The quantitative estimate of drug-likeness (QED) is 0.851. The van der Waals surface area contributed by atoms with Crippen LogP contribution in [0.4, 0.5) is 18.9 Å². The molecule has 0 bridgehead atoms. The highest BCUT2D eigenvalue weighted by molar-refractivity contribution is 5.90. The van der Waals surface area contributed by atoms with E-state index in [0.717, 1.165) is 4.40 Å². The third kappa shape index (κ3) is 2.33. The van der Waals surface area contributed by atoms with Gasteiger partial charge in [0.25, 0.3) is 0 Å². The third-order valence-electron chi connectivity index (χ3n) is 2.38. The van der Waals surface area contributed by atoms with Crippen molar-refractivity contribution in [3.8, 4) is 0 Å². The first kappa shape index (κ1) is 13.2. The van der Waals surface area contributed by atoms with Crippen molar-refractivity contribution in [1.29, 1.82) is 0 Å². The predicted octanol–water partition coefficient (Wildman–Crippen LogP) is 2.11. The molecular formula is C11H10F3N3O2.